The Kier molecular flexibility index (Phi) is 6.37. The number of imidazole rings is 1. The van der Waals surface area contributed by atoms with Gasteiger partial charge in [0, 0.05) is 52.1 Å². The molecule has 8 heteroatoms. The number of fused-ring (bicyclic) bond motifs is 1. The minimum atomic E-state index is -0.450. The summed E-state index contributed by atoms with van der Waals surface area (Å²) in [7, 11) is 0. The van der Waals surface area contributed by atoms with Crippen LogP contribution in [0, 0.1) is 12.7 Å². The molecule has 3 atom stereocenters. The van der Waals surface area contributed by atoms with E-state index < -0.39 is 11.9 Å². The van der Waals surface area contributed by atoms with Crippen molar-refractivity contribution in [2.75, 3.05) is 13.1 Å². The van der Waals surface area contributed by atoms with Crippen molar-refractivity contribution in [2.24, 2.45) is 0 Å². The maximum Gasteiger partial charge on any atom is 0.167 e. The average molecular weight is 518 g/mol. The van der Waals surface area contributed by atoms with Crippen LogP contribution in [0.4, 0.5) is 4.39 Å². The van der Waals surface area contributed by atoms with Gasteiger partial charge < -0.3 is 14.4 Å². The molecule has 1 aliphatic heterocycles. The molecule has 1 N–H and O–H groups in total. The van der Waals surface area contributed by atoms with Gasteiger partial charge >= 0.3 is 0 Å². The number of aromatic nitrogens is 2. The van der Waals surface area contributed by atoms with Crippen LogP contribution in [-0.2, 0) is 11.8 Å². The number of nitrogens with zero attached hydrogens (tertiary/aromatic N) is 3. The van der Waals surface area contributed by atoms with E-state index in [1.807, 2.05) is 29.8 Å². The zero-order chi connectivity index (χ0) is 25.1. The third-order valence-corrected chi connectivity index (χ3v) is 7.58. The monoisotopic (exact) mass is 517 g/mol. The summed E-state index contributed by atoms with van der Waals surface area (Å²) in [5.41, 5.74) is 3.37. The molecule has 2 aromatic carbocycles. The lowest BCUT2D eigenvalue weighted by Crippen LogP contribution is -2.39. The summed E-state index contributed by atoms with van der Waals surface area (Å²) >= 11 is 12.8. The highest BCUT2D eigenvalue weighted by Gasteiger charge is 2.42. The molecular formula is C27H30Cl2FN3O2. The molecule has 3 aromatic rings. The zero-order valence-corrected chi connectivity index (χ0v) is 21.9. The lowest BCUT2D eigenvalue weighted by molar-refractivity contribution is 0.0790. The van der Waals surface area contributed by atoms with Gasteiger partial charge in [-0.25, -0.2) is 9.37 Å². The van der Waals surface area contributed by atoms with E-state index in [9.17, 15) is 5.11 Å². The van der Waals surface area contributed by atoms with E-state index in [2.05, 4.69) is 30.7 Å². The maximum absolute atomic E-state index is 15.4. The van der Waals surface area contributed by atoms with E-state index in [1.54, 1.807) is 12.1 Å². The Labute approximate surface area is 215 Å². The topological polar surface area (TPSA) is 50.5 Å². The summed E-state index contributed by atoms with van der Waals surface area (Å²) in [6.07, 6.45) is 2.50. The first kappa shape index (κ1) is 24.6. The third-order valence-electron chi connectivity index (χ3n) is 7.03. The molecular weight excluding hydrogens is 488 g/mol. The van der Waals surface area contributed by atoms with Crippen LogP contribution < -0.4 is 4.74 Å². The molecule has 1 saturated heterocycles. The molecule has 186 valence electrons. The fraction of sp³-hybridized carbons (Fsp3) is 0.444. The Hall–Kier alpha value is -2.12. The average Bonchev–Trinajstić information content (AvgIpc) is 3.46. The van der Waals surface area contributed by atoms with Gasteiger partial charge in [-0.15, -0.1) is 0 Å². The molecule has 0 bridgehead atoms. The smallest absolute Gasteiger partial charge is 0.167 e. The molecule has 1 fully saturated rings. The first-order valence-electron chi connectivity index (χ1n) is 11.9. The van der Waals surface area contributed by atoms with Crippen molar-refractivity contribution < 1.29 is 14.2 Å². The number of hydrogen-bond acceptors (Lipinski definition) is 4. The molecule has 2 heterocycles. The highest BCUT2D eigenvalue weighted by atomic mass is 35.5. The summed E-state index contributed by atoms with van der Waals surface area (Å²) in [6, 6.07) is 8.51. The second-order valence-electron chi connectivity index (χ2n) is 10.6. The number of hydrogen-bond donors (Lipinski definition) is 1. The van der Waals surface area contributed by atoms with Crippen LogP contribution in [0.25, 0.3) is 5.69 Å². The fourth-order valence-electron chi connectivity index (χ4n) is 5.12. The fourth-order valence-corrected chi connectivity index (χ4v) is 5.70. The van der Waals surface area contributed by atoms with Crippen LogP contribution in [0.5, 0.6) is 5.75 Å². The molecule has 1 aliphatic carbocycles. The molecule has 0 unspecified atom stereocenters. The number of aliphatic hydroxyl groups is 1. The predicted octanol–water partition coefficient (Wildman–Crippen LogP) is 6.04. The molecule has 5 rings (SSSR count). The van der Waals surface area contributed by atoms with Gasteiger partial charge in [0.05, 0.1) is 17.8 Å². The number of aryl methyl sites for hydroxylation is 1. The van der Waals surface area contributed by atoms with Crippen molar-refractivity contribution in [2.45, 2.75) is 64.2 Å². The predicted molar refractivity (Wildman–Crippen MR) is 136 cm³/mol. The number of halogens is 3. The van der Waals surface area contributed by atoms with E-state index in [0.717, 1.165) is 29.2 Å². The van der Waals surface area contributed by atoms with Crippen LogP contribution >= 0.6 is 23.2 Å². The first-order valence-corrected chi connectivity index (χ1v) is 12.7. The molecule has 5 nitrogen and oxygen atoms in total. The molecule has 0 radical (unpaired) electrons. The maximum atomic E-state index is 15.4. The van der Waals surface area contributed by atoms with Crippen molar-refractivity contribution in [3.63, 3.8) is 0 Å². The minimum absolute atomic E-state index is 0.0672. The summed E-state index contributed by atoms with van der Waals surface area (Å²) in [5, 5.41) is 11.2. The van der Waals surface area contributed by atoms with Gasteiger partial charge in [0.25, 0.3) is 0 Å². The second-order valence-corrected chi connectivity index (χ2v) is 11.5. The van der Waals surface area contributed by atoms with Crippen LogP contribution in [0.3, 0.4) is 0 Å². The van der Waals surface area contributed by atoms with Crippen molar-refractivity contribution in [1.82, 2.24) is 14.5 Å². The number of likely N-dealkylation sites (tertiary alicyclic amines) is 1. The number of ether oxygens (including phenoxy) is 1. The van der Waals surface area contributed by atoms with Gasteiger partial charge in [0.15, 0.2) is 11.6 Å². The van der Waals surface area contributed by atoms with Crippen molar-refractivity contribution in [3.8, 4) is 11.4 Å². The molecule has 0 spiro atoms. The molecule has 0 saturated carbocycles. The Balaban J connectivity index is 1.47. The Bertz CT molecular complexity index is 1270. The Morgan fingerprint density at radius 2 is 1.94 bits per heavy atom. The molecule has 2 aliphatic rings. The number of β-amino-alcohol motifs (C(OH)–C–C–N with tert-alkyl or cyclic N) is 1. The minimum Gasteiger partial charge on any atom is -0.481 e. The van der Waals surface area contributed by atoms with Crippen LogP contribution in [-0.4, -0.2) is 44.8 Å². The van der Waals surface area contributed by atoms with E-state index in [0.29, 0.717) is 35.1 Å². The summed E-state index contributed by atoms with van der Waals surface area (Å²) in [5.74, 6) is 0.514. The largest absolute Gasteiger partial charge is 0.481 e. The quantitative estimate of drug-likeness (QED) is 0.458. The summed E-state index contributed by atoms with van der Waals surface area (Å²) in [4.78, 5) is 6.86. The van der Waals surface area contributed by atoms with Gasteiger partial charge in [-0.1, -0.05) is 44.0 Å². The highest BCUT2D eigenvalue weighted by molar-refractivity contribution is 6.35. The van der Waals surface area contributed by atoms with Crippen molar-refractivity contribution in [1.29, 1.82) is 0 Å². The van der Waals surface area contributed by atoms with Crippen LogP contribution in [0.15, 0.2) is 36.5 Å². The summed E-state index contributed by atoms with van der Waals surface area (Å²) < 4.78 is 23.6. The third kappa shape index (κ3) is 4.69. The van der Waals surface area contributed by atoms with Gasteiger partial charge in [0.1, 0.15) is 11.9 Å². The van der Waals surface area contributed by atoms with E-state index >= 15 is 4.39 Å². The Morgan fingerprint density at radius 1 is 1.17 bits per heavy atom. The van der Waals surface area contributed by atoms with Crippen molar-refractivity contribution >= 4 is 23.2 Å². The van der Waals surface area contributed by atoms with E-state index in [-0.39, 0.29) is 23.3 Å². The van der Waals surface area contributed by atoms with Gasteiger partial charge in [-0.2, -0.15) is 0 Å². The van der Waals surface area contributed by atoms with Gasteiger partial charge in [-0.05, 0) is 49.6 Å². The Morgan fingerprint density at radius 3 is 2.57 bits per heavy atom. The van der Waals surface area contributed by atoms with Gasteiger partial charge in [-0.3, -0.25) is 4.90 Å². The van der Waals surface area contributed by atoms with Crippen LogP contribution in [0.1, 0.15) is 55.9 Å². The van der Waals surface area contributed by atoms with Gasteiger partial charge in [0.2, 0.25) is 0 Å². The summed E-state index contributed by atoms with van der Waals surface area (Å²) in [6.45, 7) is 9.53. The normalized spacial score (nSPS) is 22.6. The molecule has 35 heavy (non-hydrogen) atoms. The first-order chi connectivity index (χ1) is 16.5. The van der Waals surface area contributed by atoms with E-state index in [4.69, 9.17) is 27.9 Å². The SMILES string of the molecule is Cc1nc(C(C)(C)C)cn1-c1ccc(O[C@@H]2c3cc(Cl)cc(Cl)c3C[C@@H]2N2CC[C@@H](O)C2)c(F)c1. The molecule has 1 aromatic heterocycles. The number of rotatable bonds is 4. The molecule has 0 amide bonds. The lowest BCUT2D eigenvalue weighted by Gasteiger charge is -2.30. The number of aliphatic hydroxyl groups excluding tert-OH is 1. The lowest BCUT2D eigenvalue weighted by atomic mass is 9.93. The van der Waals surface area contributed by atoms with Crippen molar-refractivity contribution in [3.05, 3.63) is 75.0 Å². The second kappa shape index (κ2) is 9.07. The number of benzene rings is 2. The zero-order valence-electron chi connectivity index (χ0n) is 20.4. The van der Waals surface area contributed by atoms with Crippen LogP contribution in [0.2, 0.25) is 10.0 Å². The standard InChI is InChI=1S/C27H30Cl2FN3O2/c1-15-31-25(27(2,3)4)14-33(15)17-5-6-24(22(30)11-17)35-26-20-9-16(28)10-21(29)19(20)12-23(26)32-8-7-18(34)13-32/h5-6,9-11,14,18,23,26,34H,7-8,12-13H2,1-4H3/t18-,23+,26-/m1/s1. The highest BCUT2D eigenvalue weighted by Crippen LogP contribution is 2.44. The van der Waals surface area contributed by atoms with E-state index in [1.165, 1.54) is 6.07 Å².